The molecule has 5 aromatic carbocycles. The minimum atomic E-state index is -0.761. The number of carbonyl (C=O) groups excluding carboxylic acids is 2. The Hall–Kier alpha value is -5.22. The zero-order valence-electron chi connectivity index (χ0n) is 24.4. The summed E-state index contributed by atoms with van der Waals surface area (Å²) in [7, 11) is 0. The zero-order chi connectivity index (χ0) is 30.2. The molecule has 2 aliphatic rings. The molecule has 43 heavy (non-hydrogen) atoms. The summed E-state index contributed by atoms with van der Waals surface area (Å²) in [5.41, 5.74) is 9.73. The van der Waals surface area contributed by atoms with Gasteiger partial charge in [0.15, 0.2) is 11.6 Å². The van der Waals surface area contributed by atoms with E-state index in [0.29, 0.717) is 16.7 Å². The minimum Gasteiger partial charge on any atom is -0.512 e. The Balaban J connectivity index is 1.73. The van der Waals surface area contributed by atoms with E-state index in [-0.39, 0.29) is 28.7 Å². The molecule has 2 aliphatic carbocycles. The summed E-state index contributed by atoms with van der Waals surface area (Å²) >= 11 is 0. The summed E-state index contributed by atoms with van der Waals surface area (Å²) in [5.74, 6) is -0.462. The molecule has 0 saturated heterocycles. The molecule has 4 nitrogen and oxygen atoms in total. The molecular formula is C39H30O4. The van der Waals surface area contributed by atoms with Gasteiger partial charge in [0, 0.05) is 0 Å². The SMILES string of the molecule is CC(=O)C(=C(C)O)c1ccc2c(c1)C1(c3ccccc3-c3ccccc31)c1cc(C(C(C)=O)=C(C)O)c3ccccc3c1-2. The van der Waals surface area contributed by atoms with E-state index < -0.39 is 5.41 Å². The molecular weight excluding hydrogens is 532 g/mol. The first-order chi connectivity index (χ1) is 20.7. The highest BCUT2D eigenvalue weighted by Crippen LogP contribution is 2.64. The summed E-state index contributed by atoms with van der Waals surface area (Å²) in [6.07, 6.45) is 0. The number of carbonyl (C=O) groups is 2. The molecule has 0 unspecified atom stereocenters. The summed E-state index contributed by atoms with van der Waals surface area (Å²) in [6.45, 7) is 6.06. The molecule has 4 heteroatoms. The fourth-order valence-electron chi connectivity index (χ4n) is 7.66. The van der Waals surface area contributed by atoms with Crippen LogP contribution in [0.1, 0.15) is 61.1 Å². The largest absolute Gasteiger partial charge is 0.512 e. The number of fused-ring (bicyclic) bond motifs is 12. The highest BCUT2D eigenvalue weighted by molar-refractivity contribution is 6.25. The average molecular weight is 563 g/mol. The lowest BCUT2D eigenvalue weighted by Crippen LogP contribution is -2.26. The maximum atomic E-state index is 13.0. The van der Waals surface area contributed by atoms with Crippen LogP contribution in [-0.2, 0) is 15.0 Å². The van der Waals surface area contributed by atoms with Crippen molar-refractivity contribution >= 4 is 33.5 Å². The third-order valence-corrected chi connectivity index (χ3v) is 9.08. The van der Waals surface area contributed by atoms with Gasteiger partial charge in [-0.25, -0.2) is 0 Å². The second-order valence-corrected chi connectivity index (χ2v) is 11.5. The number of rotatable bonds is 4. The van der Waals surface area contributed by atoms with Crippen LogP contribution in [0.5, 0.6) is 0 Å². The first kappa shape index (κ1) is 26.7. The Morgan fingerprint density at radius 3 is 1.63 bits per heavy atom. The van der Waals surface area contributed by atoms with Crippen LogP contribution < -0.4 is 0 Å². The summed E-state index contributed by atoms with van der Waals surface area (Å²) < 4.78 is 0. The minimum absolute atomic E-state index is 0.0216. The normalized spacial score (nSPS) is 14.9. The van der Waals surface area contributed by atoms with E-state index in [4.69, 9.17) is 0 Å². The average Bonchev–Trinajstić information content (AvgIpc) is 3.43. The standard InChI is InChI=1S/C39H30O4/c1-21(40)36(22(2)41)25-17-18-30-34(19-25)39(32-15-9-7-12-27(32)28-13-8-10-16-33(28)39)35-20-31(37(23(3)42)24(4)43)26-11-5-6-14-29(26)38(30)35/h5-20,40,42H,1-4H3. The molecule has 1 spiro atoms. The van der Waals surface area contributed by atoms with Crippen molar-refractivity contribution in [2.24, 2.45) is 0 Å². The van der Waals surface area contributed by atoms with E-state index in [2.05, 4.69) is 48.5 Å². The third-order valence-electron chi connectivity index (χ3n) is 9.08. The lowest BCUT2D eigenvalue weighted by molar-refractivity contribution is -0.112. The molecule has 0 bridgehead atoms. The number of aliphatic hydroxyl groups is 2. The Morgan fingerprint density at radius 1 is 0.535 bits per heavy atom. The van der Waals surface area contributed by atoms with Gasteiger partial charge in [-0.15, -0.1) is 0 Å². The monoisotopic (exact) mass is 562 g/mol. The van der Waals surface area contributed by atoms with E-state index >= 15 is 0 Å². The van der Waals surface area contributed by atoms with E-state index in [1.165, 1.54) is 13.8 Å². The van der Waals surface area contributed by atoms with Crippen LogP contribution in [-0.4, -0.2) is 21.8 Å². The lowest BCUT2D eigenvalue weighted by atomic mass is 9.69. The summed E-state index contributed by atoms with van der Waals surface area (Å²) in [5, 5.41) is 23.2. The molecule has 0 fully saturated rings. The van der Waals surface area contributed by atoms with Gasteiger partial charge in [-0.1, -0.05) is 84.9 Å². The predicted octanol–water partition coefficient (Wildman–Crippen LogP) is 8.94. The molecule has 210 valence electrons. The van der Waals surface area contributed by atoms with Gasteiger partial charge in [0.05, 0.1) is 16.6 Å². The number of Topliss-reactive ketones (excluding diaryl/α,β-unsaturated/α-hetero) is 2. The van der Waals surface area contributed by atoms with E-state index in [0.717, 1.165) is 55.3 Å². The van der Waals surface area contributed by atoms with Crippen LogP contribution in [0.15, 0.2) is 109 Å². The van der Waals surface area contributed by atoms with Crippen LogP contribution in [0.3, 0.4) is 0 Å². The highest BCUT2D eigenvalue weighted by Gasteiger charge is 2.52. The number of hydrogen-bond donors (Lipinski definition) is 2. The predicted molar refractivity (Wildman–Crippen MR) is 172 cm³/mol. The molecule has 0 radical (unpaired) electrons. The van der Waals surface area contributed by atoms with Crippen molar-refractivity contribution in [1.29, 1.82) is 0 Å². The van der Waals surface area contributed by atoms with Crippen molar-refractivity contribution in [3.05, 3.63) is 142 Å². The van der Waals surface area contributed by atoms with Crippen molar-refractivity contribution < 1.29 is 19.8 Å². The van der Waals surface area contributed by atoms with Gasteiger partial charge in [0.2, 0.25) is 0 Å². The van der Waals surface area contributed by atoms with Crippen LogP contribution in [0, 0.1) is 0 Å². The van der Waals surface area contributed by atoms with Gasteiger partial charge >= 0.3 is 0 Å². The van der Waals surface area contributed by atoms with Crippen LogP contribution in [0.25, 0.3) is 44.2 Å². The number of hydrogen-bond acceptors (Lipinski definition) is 4. The van der Waals surface area contributed by atoms with Crippen molar-refractivity contribution in [1.82, 2.24) is 0 Å². The van der Waals surface area contributed by atoms with Gasteiger partial charge in [-0.2, -0.15) is 0 Å². The Morgan fingerprint density at radius 2 is 1.07 bits per heavy atom. The van der Waals surface area contributed by atoms with Crippen LogP contribution in [0.4, 0.5) is 0 Å². The van der Waals surface area contributed by atoms with E-state index in [9.17, 15) is 19.8 Å². The van der Waals surface area contributed by atoms with Crippen molar-refractivity contribution in [2.75, 3.05) is 0 Å². The quantitative estimate of drug-likeness (QED) is 0.166. The van der Waals surface area contributed by atoms with E-state index in [1.54, 1.807) is 13.8 Å². The number of benzene rings is 5. The first-order valence-corrected chi connectivity index (χ1v) is 14.4. The van der Waals surface area contributed by atoms with Gasteiger partial charge in [0.25, 0.3) is 0 Å². The smallest absolute Gasteiger partial charge is 0.163 e. The topological polar surface area (TPSA) is 74.6 Å². The molecule has 0 atom stereocenters. The Bertz CT molecular complexity index is 2070. The lowest BCUT2D eigenvalue weighted by Gasteiger charge is -2.31. The fraction of sp³-hybridized carbons (Fsp3) is 0.128. The van der Waals surface area contributed by atoms with Gasteiger partial charge in [-0.05, 0) is 106 Å². The van der Waals surface area contributed by atoms with Crippen LogP contribution in [0.2, 0.25) is 0 Å². The van der Waals surface area contributed by atoms with Gasteiger partial charge in [-0.3, -0.25) is 9.59 Å². The van der Waals surface area contributed by atoms with Gasteiger partial charge in [0.1, 0.15) is 11.5 Å². The third kappa shape index (κ3) is 3.50. The molecule has 0 amide bonds. The van der Waals surface area contributed by atoms with Crippen molar-refractivity contribution in [3.8, 4) is 22.3 Å². The molecule has 7 rings (SSSR count). The molecule has 0 aliphatic heterocycles. The molecule has 0 aromatic heterocycles. The van der Waals surface area contributed by atoms with Crippen molar-refractivity contribution in [3.63, 3.8) is 0 Å². The molecule has 0 saturated carbocycles. The zero-order valence-corrected chi connectivity index (χ0v) is 24.4. The summed E-state index contributed by atoms with van der Waals surface area (Å²) in [6, 6.07) is 32.9. The van der Waals surface area contributed by atoms with Crippen molar-refractivity contribution in [2.45, 2.75) is 33.1 Å². The molecule has 0 heterocycles. The summed E-state index contributed by atoms with van der Waals surface area (Å²) in [4.78, 5) is 25.8. The second-order valence-electron chi connectivity index (χ2n) is 11.5. The van der Waals surface area contributed by atoms with Gasteiger partial charge < -0.3 is 10.2 Å². The maximum absolute atomic E-state index is 13.0. The maximum Gasteiger partial charge on any atom is 0.163 e. The van der Waals surface area contributed by atoms with E-state index in [1.807, 2.05) is 48.5 Å². The Kier molecular flexibility index (Phi) is 5.83. The molecule has 5 aromatic rings. The number of ketones is 2. The fourth-order valence-corrected chi connectivity index (χ4v) is 7.66. The molecule has 2 N–H and O–H groups in total. The van der Waals surface area contributed by atoms with Crippen LogP contribution >= 0.6 is 0 Å². The highest BCUT2D eigenvalue weighted by atomic mass is 16.3. The number of aliphatic hydroxyl groups excluding tert-OH is 2. The number of allylic oxidation sites excluding steroid dienone is 4. The Labute approximate surface area is 250 Å². The second kappa shape index (κ2) is 9.40. The first-order valence-electron chi connectivity index (χ1n) is 14.4.